The molecule has 3 heteroatoms. The summed E-state index contributed by atoms with van der Waals surface area (Å²) in [5, 5.41) is 2.99. The van der Waals surface area contributed by atoms with Gasteiger partial charge in [0, 0.05) is 32.9 Å². The molecule has 0 aromatic heterocycles. The van der Waals surface area contributed by atoms with Crippen LogP contribution >= 0.6 is 12.2 Å². The average Bonchev–Trinajstić information content (AvgIpc) is 2.01. The second-order valence-corrected chi connectivity index (χ2v) is 3.36. The predicted molar refractivity (Wildman–Crippen MR) is 58.3 cm³/mol. The van der Waals surface area contributed by atoms with E-state index in [1.165, 1.54) is 5.57 Å². The van der Waals surface area contributed by atoms with Gasteiger partial charge in [0.1, 0.15) is 4.99 Å². The highest BCUT2D eigenvalue weighted by molar-refractivity contribution is 7.80. The van der Waals surface area contributed by atoms with Gasteiger partial charge in [-0.3, -0.25) is 0 Å². The number of hydrogen-bond donors (Lipinski definition) is 1. The van der Waals surface area contributed by atoms with E-state index in [-0.39, 0.29) is 0 Å². The molecule has 0 saturated heterocycles. The summed E-state index contributed by atoms with van der Waals surface area (Å²) >= 11 is 5.15. The molecule has 0 radical (unpaired) electrons. The van der Waals surface area contributed by atoms with Gasteiger partial charge in [0.2, 0.25) is 0 Å². The van der Waals surface area contributed by atoms with E-state index in [0.717, 1.165) is 17.8 Å². The zero-order valence-corrected chi connectivity index (χ0v) is 9.16. The topological polar surface area (TPSA) is 15.3 Å². The van der Waals surface area contributed by atoms with Crippen LogP contribution in [0, 0.1) is 0 Å². The number of thiocarbonyl (C=S) groups is 1. The van der Waals surface area contributed by atoms with Crippen molar-refractivity contribution in [2.75, 3.05) is 21.1 Å². The third kappa shape index (κ3) is 4.34. The van der Waals surface area contributed by atoms with Crippen LogP contribution in [0.3, 0.4) is 0 Å². The average molecular weight is 186 g/mol. The molecule has 0 aliphatic heterocycles. The van der Waals surface area contributed by atoms with Crippen LogP contribution in [0.15, 0.2) is 11.8 Å². The minimum Gasteiger partial charge on any atom is -0.383 e. The van der Waals surface area contributed by atoms with Crippen LogP contribution in [0.4, 0.5) is 0 Å². The lowest BCUT2D eigenvalue weighted by atomic mass is 10.1. The van der Waals surface area contributed by atoms with Gasteiger partial charge in [-0.1, -0.05) is 25.6 Å². The summed E-state index contributed by atoms with van der Waals surface area (Å²) < 4.78 is 0. The van der Waals surface area contributed by atoms with Gasteiger partial charge >= 0.3 is 0 Å². The Hall–Kier alpha value is -0.570. The Bertz CT molecular complexity index is 173. The molecule has 0 aromatic carbocycles. The molecule has 0 atom stereocenters. The SMILES string of the molecule is CCC/C(=C\N(C)C)C(=S)NC. The van der Waals surface area contributed by atoms with E-state index in [2.05, 4.69) is 18.4 Å². The molecular weight excluding hydrogens is 168 g/mol. The monoisotopic (exact) mass is 186 g/mol. The van der Waals surface area contributed by atoms with Gasteiger partial charge in [-0.05, 0) is 6.42 Å². The lowest BCUT2D eigenvalue weighted by Crippen LogP contribution is -2.19. The van der Waals surface area contributed by atoms with E-state index in [1.54, 1.807) is 0 Å². The molecule has 12 heavy (non-hydrogen) atoms. The van der Waals surface area contributed by atoms with Crippen molar-refractivity contribution in [1.82, 2.24) is 10.2 Å². The highest BCUT2D eigenvalue weighted by atomic mass is 32.1. The number of hydrogen-bond acceptors (Lipinski definition) is 2. The molecule has 0 aromatic rings. The zero-order chi connectivity index (χ0) is 9.56. The van der Waals surface area contributed by atoms with Crippen LogP contribution in [-0.2, 0) is 0 Å². The molecule has 0 fully saturated rings. The Labute approximate surface area is 80.6 Å². The van der Waals surface area contributed by atoms with Crippen LogP contribution in [0.25, 0.3) is 0 Å². The van der Waals surface area contributed by atoms with Crippen molar-refractivity contribution in [2.24, 2.45) is 0 Å². The summed E-state index contributed by atoms with van der Waals surface area (Å²) in [6.45, 7) is 2.15. The normalized spacial score (nSPS) is 11.2. The smallest absolute Gasteiger partial charge is 0.103 e. The Morgan fingerprint density at radius 2 is 2.08 bits per heavy atom. The van der Waals surface area contributed by atoms with Crippen LogP contribution in [0.5, 0.6) is 0 Å². The van der Waals surface area contributed by atoms with Gasteiger partial charge in [0.05, 0.1) is 0 Å². The molecule has 70 valence electrons. The maximum Gasteiger partial charge on any atom is 0.103 e. The van der Waals surface area contributed by atoms with Crippen LogP contribution in [0.2, 0.25) is 0 Å². The fourth-order valence-corrected chi connectivity index (χ4v) is 1.13. The highest BCUT2D eigenvalue weighted by Gasteiger charge is 2.01. The first-order valence-electron chi connectivity index (χ1n) is 4.21. The highest BCUT2D eigenvalue weighted by Crippen LogP contribution is 2.06. The standard InChI is InChI=1S/C9H18N2S/c1-5-6-8(7-11(3)4)9(12)10-2/h7H,5-6H2,1-4H3,(H,10,12)/b8-7+. The summed E-state index contributed by atoms with van der Waals surface area (Å²) in [4.78, 5) is 2.87. The molecule has 0 rings (SSSR count). The molecule has 0 unspecified atom stereocenters. The quantitative estimate of drug-likeness (QED) is 0.532. The molecule has 0 amide bonds. The van der Waals surface area contributed by atoms with Gasteiger partial charge in [-0.25, -0.2) is 0 Å². The van der Waals surface area contributed by atoms with E-state index in [1.807, 2.05) is 26.0 Å². The van der Waals surface area contributed by atoms with E-state index in [0.29, 0.717) is 0 Å². The third-order valence-corrected chi connectivity index (χ3v) is 1.92. The third-order valence-electron chi connectivity index (χ3n) is 1.45. The Morgan fingerprint density at radius 1 is 1.50 bits per heavy atom. The van der Waals surface area contributed by atoms with E-state index < -0.39 is 0 Å². The molecule has 0 aliphatic carbocycles. The predicted octanol–water partition coefficient (Wildman–Crippen LogP) is 1.78. The fourth-order valence-electron chi connectivity index (χ4n) is 0.978. The fraction of sp³-hybridized carbons (Fsp3) is 0.667. The number of likely N-dealkylation sites (N-methyl/N-ethyl adjacent to an activating group) is 1. The Morgan fingerprint density at radius 3 is 2.42 bits per heavy atom. The molecule has 0 saturated carbocycles. The minimum atomic E-state index is 0.852. The van der Waals surface area contributed by atoms with E-state index in [9.17, 15) is 0 Å². The first-order chi connectivity index (χ1) is 5.61. The number of nitrogens with zero attached hydrogens (tertiary/aromatic N) is 1. The maximum atomic E-state index is 5.15. The first kappa shape index (κ1) is 11.4. The van der Waals surface area contributed by atoms with E-state index >= 15 is 0 Å². The molecular formula is C9H18N2S. The van der Waals surface area contributed by atoms with Crippen molar-refractivity contribution in [1.29, 1.82) is 0 Å². The van der Waals surface area contributed by atoms with Crippen LogP contribution in [0.1, 0.15) is 19.8 Å². The molecule has 0 aliphatic rings. The van der Waals surface area contributed by atoms with Crippen LogP contribution < -0.4 is 5.32 Å². The zero-order valence-electron chi connectivity index (χ0n) is 8.35. The van der Waals surface area contributed by atoms with Crippen molar-refractivity contribution in [3.05, 3.63) is 11.8 Å². The molecule has 1 N–H and O–H groups in total. The summed E-state index contributed by atoms with van der Waals surface area (Å²) in [5.74, 6) is 0. The maximum absolute atomic E-state index is 5.15. The van der Waals surface area contributed by atoms with Crippen molar-refractivity contribution < 1.29 is 0 Å². The lowest BCUT2D eigenvalue weighted by molar-refractivity contribution is 0.557. The van der Waals surface area contributed by atoms with Crippen LogP contribution in [-0.4, -0.2) is 31.0 Å². The van der Waals surface area contributed by atoms with Crippen molar-refractivity contribution >= 4 is 17.2 Å². The van der Waals surface area contributed by atoms with E-state index in [4.69, 9.17) is 12.2 Å². The second-order valence-electron chi connectivity index (χ2n) is 2.95. The van der Waals surface area contributed by atoms with Crippen molar-refractivity contribution in [3.63, 3.8) is 0 Å². The minimum absolute atomic E-state index is 0.852. The summed E-state index contributed by atoms with van der Waals surface area (Å²) in [5.41, 5.74) is 1.21. The molecule has 2 nitrogen and oxygen atoms in total. The molecule has 0 spiro atoms. The summed E-state index contributed by atoms with van der Waals surface area (Å²) in [7, 11) is 5.88. The van der Waals surface area contributed by atoms with Gasteiger partial charge in [-0.15, -0.1) is 0 Å². The number of rotatable bonds is 4. The summed E-state index contributed by atoms with van der Waals surface area (Å²) in [6.07, 6.45) is 4.24. The van der Waals surface area contributed by atoms with Crippen molar-refractivity contribution in [2.45, 2.75) is 19.8 Å². The van der Waals surface area contributed by atoms with Gasteiger partial charge in [0.25, 0.3) is 0 Å². The van der Waals surface area contributed by atoms with Crippen molar-refractivity contribution in [3.8, 4) is 0 Å². The summed E-state index contributed by atoms with van der Waals surface area (Å²) in [6, 6.07) is 0. The molecule has 0 bridgehead atoms. The first-order valence-corrected chi connectivity index (χ1v) is 4.61. The van der Waals surface area contributed by atoms with Gasteiger partial charge in [-0.2, -0.15) is 0 Å². The number of nitrogens with one attached hydrogen (secondary N) is 1. The lowest BCUT2D eigenvalue weighted by Gasteiger charge is -2.11. The largest absolute Gasteiger partial charge is 0.383 e. The Kier molecular flexibility index (Phi) is 5.72. The van der Waals surface area contributed by atoms with Gasteiger partial charge < -0.3 is 10.2 Å². The second kappa shape index (κ2) is 6.00. The Balaban J connectivity index is 4.31. The van der Waals surface area contributed by atoms with Gasteiger partial charge in [0.15, 0.2) is 0 Å². The molecule has 0 heterocycles.